The zero-order valence-electron chi connectivity index (χ0n) is 13.4. The lowest BCUT2D eigenvalue weighted by Crippen LogP contribution is -2.45. The van der Waals surface area contributed by atoms with Gasteiger partial charge in [-0.15, -0.1) is 0 Å². The topological polar surface area (TPSA) is 32.3 Å². The van der Waals surface area contributed by atoms with Gasteiger partial charge in [0, 0.05) is 28.4 Å². The van der Waals surface area contributed by atoms with Crippen LogP contribution in [0.3, 0.4) is 0 Å². The number of allylic oxidation sites excluding steroid dienone is 1. The second-order valence-corrected chi connectivity index (χ2v) is 6.99. The minimum Gasteiger partial charge on any atom is -0.351 e. The summed E-state index contributed by atoms with van der Waals surface area (Å²) in [5.41, 5.74) is 3.27. The molecule has 24 heavy (non-hydrogen) atoms. The van der Waals surface area contributed by atoms with Gasteiger partial charge in [-0.05, 0) is 36.8 Å². The van der Waals surface area contributed by atoms with Crippen molar-refractivity contribution in [2.45, 2.75) is 13.0 Å². The maximum Gasteiger partial charge on any atom is 0.193 e. The summed E-state index contributed by atoms with van der Waals surface area (Å²) in [6.07, 6.45) is 0. The molecule has 3 nitrogen and oxygen atoms in total. The van der Waals surface area contributed by atoms with Crippen molar-refractivity contribution < 1.29 is 4.79 Å². The summed E-state index contributed by atoms with van der Waals surface area (Å²) in [6.45, 7) is 1.94. The summed E-state index contributed by atoms with van der Waals surface area (Å²) >= 11 is 8.93. The van der Waals surface area contributed by atoms with Gasteiger partial charge in [-0.2, -0.15) is 0 Å². The Morgan fingerprint density at radius 3 is 2.54 bits per heavy atom. The summed E-state index contributed by atoms with van der Waals surface area (Å²) in [7, 11) is 1.88. The molecule has 0 spiro atoms. The van der Waals surface area contributed by atoms with Crippen LogP contribution < -0.4 is 5.32 Å². The number of thiocarbonyl (C=S) groups is 1. The van der Waals surface area contributed by atoms with Crippen LogP contribution in [0.5, 0.6) is 0 Å². The molecule has 1 atom stereocenters. The summed E-state index contributed by atoms with van der Waals surface area (Å²) in [4.78, 5) is 15.0. The fourth-order valence-electron chi connectivity index (χ4n) is 2.81. The number of hydrogen-bond acceptors (Lipinski definition) is 2. The van der Waals surface area contributed by atoms with Gasteiger partial charge in [-0.25, -0.2) is 0 Å². The molecule has 1 aliphatic heterocycles. The molecule has 1 aliphatic rings. The molecule has 5 heteroatoms. The highest BCUT2D eigenvalue weighted by Crippen LogP contribution is 2.33. The predicted octanol–water partition coefficient (Wildman–Crippen LogP) is 4.47. The van der Waals surface area contributed by atoms with E-state index < -0.39 is 0 Å². The zero-order chi connectivity index (χ0) is 17.3. The van der Waals surface area contributed by atoms with Crippen LogP contribution in [0.15, 0.2) is 70.3 Å². The Labute approximate surface area is 155 Å². The molecule has 2 aromatic carbocycles. The van der Waals surface area contributed by atoms with Crippen LogP contribution in [-0.2, 0) is 0 Å². The monoisotopic (exact) mass is 400 g/mol. The second-order valence-electron chi connectivity index (χ2n) is 5.69. The standard InChI is InChI=1S/C19H17BrN2OS/c1-12-16(18(23)13-7-4-3-5-8-13)17(21-19(24)22(12)2)14-9-6-10-15(20)11-14/h3-11,17H,1-2H3,(H,21,24). The molecule has 122 valence electrons. The zero-order valence-corrected chi connectivity index (χ0v) is 15.8. The number of benzene rings is 2. The van der Waals surface area contributed by atoms with Crippen molar-refractivity contribution in [1.29, 1.82) is 0 Å². The van der Waals surface area contributed by atoms with Crippen molar-refractivity contribution in [3.63, 3.8) is 0 Å². The molecule has 1 unspecified atom stereocenters. The lowest BCUT2D eigenvalue weighted by molar-refractivity contribution is 0.102. The molecule has 1 N–H and O–H groups in total. The van der Waals surface area contributed by atoms with E-state index in [2.05, 4.69) is 21.2 Å². The molecule has 0 aromatic heterocycles. The Balaban J connectivity index is 2.13. The van der Waals surface area contributed by atoms with Gasteiger partial charge in [0.25, 0.3) is 0 Å². The van der Waals surface area contributed by atoms with E-state index >= 15 is 0 Å². The predicted molar refractivity (Wildman–Crippen MR) is 104 cm³/mol. The van der Waals surface area contributed by atoms with Crippen molar-refractivity contribution in [2.75, 3.05) is 7.05 Å². The molecule has 0 fully saturated rings. The van der Waals surface area contributed by atoms with E-state index in [0.717, 1.165) is 21.3 Å². The van der Waals surface area contributed by atoms with Gasteiger partial charge in [-0.3, -0.25) is 4.79 Å². The van der Waals surface area contributed by atoms with Crippen LogP contribution >= 0.6 is 28.1 Å². The Hall–Kier alpha value is -1.98. The number of halogens is 1. The second kappa shape index (κ2) is 6.87. The first-order valence-corrected chi connectivity index (χ1v) is 8.79. The first-order chi connectivity index (χ1) is 11.5. The van der Waals surface area contributed by atoms with Crippen molar-refractivity contribution in [1.82, 2.24) is 10.2 Å². The van der Waals surface area contributed by atoms with Gasteiger partial charge in [0.2, 0.25) is 0 Å². The number of carbonyl (C=O) groups excluding carboxylic acids is 1. The van der Waals surface area contributed by atoms with Crippen LogP contribution in [0.2, 0.25) is 0 Å². The highest BCUT2D eigenvalue weighted by atomic mass is 79.9. The highest BCUT2D eigenvalue weighted by molar-refractivity contribution is 9.10. The van der Waals surface area contributed by atoms with Crippen LogP contribution in [0.25, 0.3) is 0 Å². The number of nitrogens with one attached hydrogen (secondary N) is 1. The number of hydrogen-bond donors (Lipinski definition) is 1. The molecule has 0 saturated heterocycles. The van der Waals surface area contributed by atoms with Gasteiger partial charge in [-0.1, -0.05) is 58.4 Å². The fourth-order valence-corrected chi connectivity index (χ4v) is 3.48. The fraction of sp³-hybridized carbons (Fsp3) is 0.158. The van der Waals surface area contributed by atoms with Crippen molar-refractivity contribution in [3.05, 3.63) is 81.5 Å². The highest BCUT2D eigenvalue weighted by Gasteiger charge is 2.32. The third kappa shape index (κ3) is 3.14. The average molecular weight is 401 g/mol. The first-order valence-electron chi connectivity index (χ1n) is 7.59. The number of Topliss-reactive ketones (excluding diaryl/α,β-unsaturated/α-hetero) is 1. The minimum absolute atomic E-state index is 0.0138. The van der Waals surface area contributed by atoms with E-state index in [-0.39, 0.29) is 11.8 Å². The Morgan fingerprint density at radius 2 is 1.88 bits per heavy atom. The third-order valence-corrected chi connectivity index (χ3v) is 5.10. The smallest absolute Gasteiger partial charge is 0.193 e. The van der Waals surface area contributed by atoms with Crippen LogP contribution in [0.1, 0.15) is 28.9 Å². The molecular weight excluding hydrogens is 384 g/mol. The molecule has 1 heterocycles. The number of ketones is 1. The molecular formula is C19H17BrN2OS. The van der Waals surface area contributed by atoms with Crippen molar-refractivity contribution in [3.8, 4) is 0 Å². The van der Waals surface area contributed by atoms with Crippen LogP contribution in [0, 0.1) is 0 Å². The Kier molecular flexibility index (Phi) is 4.83. The summed E-state index contributed by atoms with van der Waals surface area (Å²) in [5, 5.41) is 3.91. The van der Waals surface area contributed by atoms with E-state index in [9.17, 15) is 4.79 Å². The Bertz CT molecular complexity index is 832. The van der Waals surface area contributed by atoms with Gasteiger partial charge in [0.05, 0.1) is 6.04 Å². The van der Waals surface area contributed by atoms with E-state index in [0.29, 0.717) is 10.7 Å². The molecule has 0 radical (unpaired) electrons. The van der Waals surface area contributed by atoms with Crippen LogP contribution in [-0.4, -0.2) is 22.8 Å². The molecule has 0 bridgehead atoms. The lowest BCUT2D eigenvalue weighted by atomic mass is 9.89. The summed E-state index contributed by atoms with van der Waals surface area (Å²) in [5.74, 6) is 0.0138. The lowest BCUT2D eigenvalue weighted by Gasteiger charge is -2.36. The van der Waals surface area contributed by atoms with Crippen molar-refractivity contribution in [2.24, 2.45) is 0 Å². The van der Waals surface area contributed by atoms with Gasteiger partial charge < -0.3 is 10.2 Å². The van der Waals surface area contributed by atoms with Gasteiger partial charge >= 0.3 is 0 Å². The number of nitrogens with zero attached hydrogens (tertiary/aromatic N) is 1. The normalized spacial score (nSPS) is 17.7. The maximum absolute atomic E-state index is 13.2. The van der Waals surface area contributed by atoms with Gasteiger partial charge in [0.1, 0.15) is 0 Å². The SMILES string of the molecule is CC1=C(C(=O)c2ccccc2)C(c2cccc(Br)c2)NC(=S)N1C. The Morgan fingerprint density at radius 1 is 1.17 bits per heavy atom. The third-order valence-electron chi connectivity index (χ3n) is 4.22. The molecule has 0 amide bonds. The maximum atomic E-state index is 13.2. The number of carbonyl (C=O) groups is 1. The molecule has 0 saturated carbocycles. The van der Waals surface area contributed by atoms with E-state index in [1.165, 1.54) is 0 Å². The minimum atomic E-state index is -0.265. The average Bonchev–Trinajstić information content (AvgIpc) is 2.59. The van der Waals surface area contributed by atoms with Gasteiger partial charge in [0.15, 0.2) is 10.9 Å². The van der Waals surface area contributed by atoms with Crippen LogP contribution in [0.4, 0.5) is 0 Å². The van der Waals surface area contributed by atoms with E-state index in [4.69, 9.17) is 12.2 Å². The first kappa shape index (κ1) is 16.9. The number of rotatable bonds is 3. The summed E-state index contributed by atoms with van der Waals surface area (Å²) in [6, 6.07) is 17.0. The summed E-state index contributed by atoms with van der Waals surface area (Å²) < 4.78 is 0.968. The van der Waals surface area contributed by atoms with E-state index in [1.807, 2.05) is 73.5 Å². The van der Waals surface area contributed by atoms with E-state index in [1.54, 1.807) is 0 Å². The van der Waals surface area contributed by atoms with Crippen molar-refractivity contribution >= 4 is 39.0 Å². The largest absolute Gasteiger partial charge is 0.351 e. The molecule has 0 aliphatic carbocycles. The quantitative estimate of drug-likeness (QED) is 0.608. The molecule has 2 aromatic rings. The molecule has 3 rings (SSSR count).